The van der Waals surface area contributed by atoms with Crippen molar-refractivity contribution in [3.8, 4) is 0 Å². The summed E-state index contributed by atoms with van der Waals surface area (Å²) in [4.78, 5) is 0. The first-order valence-corrected chi connectivity index (χ1v) is 9.68. The SMILES string of the molecule is O[C@H]1[C@@H]2OC(c3ccc(Cl)cc3)OC[C@@H]2OC(c2ccc(Cl)cc2)OC[C@H]1O. The van der Waals surface area contributed by atoms with Crippen molar-refractivity contribution in [3.63, 3.8) is 0 Å². The lowest BCUT2D eigenvalue weighted by Gasteiger charge is -2.42. The second-order valence-corrected chi connectivity index (χ2v) is 7.64. The molecule has 0 amide bonds. The number of benzene rings is 2. The van der Waals surface area contributed by atoms with Gasteiger partial charge in [0.15, 0.2) is 12.6 Å². The van der Waals surface area contributed by atoms with Crippen molar-refractivity contribution in [2.45, 2.75) is 37.0 Å². The molecule has 2 aromatic rings. The van der Waals surface area contributed by atoms with Gasteiger partial charge < -0.3 is 29.2 Å². The Kier molecular flexibility index (Phi) is 6.20. The van der Waals surface area contributed by atoms with Gasteiger partial charge in [0.1, 0.15) is 24.4 Å². The molecule has 0 aliphatic carbocycles. The third-order valence-corrected chi connectivity index (χ3v) is 5.29. The van der Waals surface area contributed by atoms with Gasteiger partial charge in [-0.05, 0) is 24.3 Å². The first-order chi connectivity index (χ1) is 13.5. The summed E-state index contributed by atoms with van der Waals surface area (Å²) < 4.78 is 23.5. The van der Waals surface area contributed by atoms with E-state index in [1.54, 1.807) is 48.5 Å². The summed E-state index contributed by atoms with van der Waals surface area (Å²) >= 11 is 11.9. The van der Waals surface area contributed by atoms with E-state index in [2.05, 4.69) is 0 Å². The molecule has 0 saturated carbocycles. The van der Waals surface area contributed by atoms with E-state index in [-0.39, 0.29) is 13.2 Å². The number of ether oxygens (including phenoxy) is 4. The molecule has 0 bridgehead atoms. The maximum atomic E-state index is 10.6. The lowest BCUT2D eigenvalue weighted by atomic mass is 10.0. The highest BCUT2D eigenvalue weighted by atomic mass is 35.5. The van der Waals surface area contributed by atoms with Crippen LogP contribution in [-0.4, -0.2) is 47.8 Å². The molecule has 0 spiro atoms. The third kappa shape index (κ3) is 4.35. The Labute approximate surface area is 172 Å². The third-order valence-electron chi connectivity index (χ3n) is 4.79. The summed E-state index contributed by atoms with van der Waals surface area (Å²) in [5.41, 5.74) is 1.50. The van der Waals surface area contributed by atoms with Crippen molar-refractivity contribution in [2.24, 2.45) is 0 Å². The molecule has 0 radical (unpaired) electrons. The molecule has 2 unspecified atom stereocenters. The first-order valence-electron chi connectivity index (χ1n) is 8.92. The van der Waals surface area contributed by atoms with E-state index in [1.807, 2.05) is 0 Å². The van der Waals surface area contributed by atoms with Crippen LogP contribution in [-0.2, 0) is 18.9 Å². The van der Waals surface area contributed by atoms with Gasteiger partial charge in [-0.3, -0.25) is 0 Å². The van der Waals surface area contributed by atoms with Gasteiger partial charge in [0.2, 0.25) is 0 Å². The second kappa shape index (κ2) is 8.65. The highest BCUT2D eigenvalue weighted by molar-refractivity contribution is 6.30. The summed E-state index contributed by atoms with van der Waals surface area (Å²) in [6, 6.07) is 14.1. The van der Waals surface area contributed by atoms with Crippen LogP contribution in [0.4, 0.5) is 0 Å². The summed E-state index contributed by atoms with van der Waals surface area (Å²) in [5, 5.41) is 22.1. The fourth-order valence-electron chi connectivity index (χ4n) is 3.25. The maximum absolute atomic E-state index is 10.6. The Morgan fingerprint density at radius 3 is 1.79 bits per heavy atom. The van der Waals surface area contributed by atoms with Gasteiger partial charge in [0, 0.05) is 21.2 Å². The largest absolute Gasteiger partial charge is 0.388 e. The van der Waals surface area contributed by atoms with E-state index in [9.17, 15) is 10.2 Å². The zero-order valence-corrected chi connectivity index (χ0v) is 16.3. The standard InChI is InChI=1S/C20H20Cl2O6/c21-13-5-1-11(2-6-13)19-25-9-15(23)17(24)18-16(27-19)10-26-20(28-18)12-3-7-14(22)8-4-12/h1-8,15-20,23-24H,9-10H2/t15-,16+,17-,18-,19?,20?/m1/s1. The van der Waals surface area contributed by atoms with Gasteiger partial charge >= 0.3 is 0 Å². The van der Waals surface area contributed by atoms with Crippen LogP contribution in [0.5, 0.6) is 0 Å². The summed E-state index contributed by atoms with van der Waals surface area (Å²) in [7, 11) is 0. The van der Waals surface area contributed by atoms with Crippen molar-refractivity contribution in [2.75, 3.05) is 13.2 Å². The molecule has 2 aliphatic heterocycles. The Morgan fingerprint density at radius 1 is 0.714 bits per heavy atom. The fraction of sp³-hybridized carbons (Fsp3) is 0.400. The molecule has 28 heavy (non-hydrogen) atoms. The molecule has 2 aromatic carbocycles. The van der Waals surface area contributed by atoms with Gasteiger partial charge in [-0.1, -0.05) is 47.5 Å². The van der Waals surface area contributed by atoms with E-state index < -0.39 is 37.0 Å². The number of aliphatic hydroxyl groups excluding tert-OH is 2. The molecule has 6 nitrogen and oxygen atoms in total. The average molecular weight is 427 g/mol. The number of rotatable bonds is 2. The minimum absolute atomic E-state index is 0.104. The van der Waals surface area contributed by atoms with Crippen LogP contribution in [0, 0.1) is 0 Å². The normalized spacial score (nSPS) is 33.6. The monoisotopic (exact) mass is 426 g/mol. The smallest absolute Gasteiger partial charge is 0.184 e. The van der Waals surface area contributed by atoms with Gasteiger partial charge in [-0.2, -0.15) is 0 Å². The predicted octanol–water partition coefficient (Wildman–Crippen LogP) is 3.24. The molecule has 150 valence electrons. The molecule has 2 heterocycles. The first kappa shape index (κ1) is 20.1. The van der Waals surface area contributed by atoms with Crippen LogP contribution >= 0.6 is 23.2 Å². The van der Waals surface area contributed by atoms with Gasteiger partial charge in [0.05, 0.1) is 13.2 Å². The van der Waals surface area contributed by atoms with E-state index in [1.165, 1.54) is 0 Å². The van der Waals surface area contributed by atoms with Crippen molar-refractivity contribution in [1.29, 1.82) is 0 Å². The summed E-state index contributed by atoms with van der Waals surface area (Å²) in [6.07, 6.45) is -5.17. The Balaban J connectivity index is 1.54. The summed E-state index contributed by atoms with van der Waals surface area (Å²) in [6.45, 7) is 0.0582. The van der Waals surface area contributed by atoms with Crippen molar-refractivity contribution < 1.29 is 29.2 Å². The van der Waals surface area contributed by atoms with E-state index >= 15 is 0 Å². The lowest BCUT2D eigenvalue weighted by molar-refractivity contribution is -0.332. The topological polar surface area (TPSA) is 77.4 Å². The van der Waals surface area contributed by atoms with Gasteiger partial charge in [-0.25, -0.2) is 0 Å². The van der Waals surface area contributed by atoms with E-state index in [0.29, 0.717) is 10.0 Å². The second-order valence-electron chi connectivity index (χ2n) is 6.77. The molecule has 2 fully saturated rings. The molecule has 8 heteroatoms. The van der Waals surface area contributed by atoms with Crippen LogP contribution in [0.25, 0.3) is 0 Å². The van der Waals surface area contributed by atoms with Crippen molar-refractivity contribution in [3.05, 3.63) is 69.7 Å². The molecular weight excluding hydrogens is 407 g/mol. The Morgan fingerprint density at radius 2 is 1.21 bits per heavy atom. The zero-order chi connectivity index (χ0) is 19.7. The number of hydrogen-bond donors (Lipinski definition) is 2. The predicted molar refractivity (Wildman–Crippen MR) is 102 cm³/mol. The lowest BCUT2D eigenvalue weighted by Crippen LogP contribution is -2.55. The molecule has 4 rings (SSSR count). The number of aliphatic hydroxyl groups is 2. The van der Waals surface area contributed by atoms with Crippen LogP contribution in [0.2, 0.25) is 10.0 Å². The Hall–Kier alpha value is -1.22. The average Bonchev–Trinajstić information content (AvgIpc) is 2.71. The van der Waals surface area contributed by atoms with Crippen LogP contribution in [0.15, 0.2) is 48.5 Å². The maximum Gasteiger partial charge on any atom is 0.184 e. The Bertz CT molecular complexity index is 784. The summed E-state index contributed by atoms with van der Waals surface area (Å²) in [5.74, 6) is 0. The van der Waals surface area contributed by atoms with E-state index in [0.717, 1.165) is 11.1 Å². The molecule has 2 aliphatic rings. The van der Waals surface area contributed by atoms with Gasteiger partial charge in [0.25, 0.3) is 0 Å². The van der Waals surface area contributed by atoms with Crippen molar-refractivity contribution >= 4 is 23.2 Å². The molecule has 2 saturated heterocycles. The number of halogens is 2. The quantitative estimate of drug-likeness (QED) is 0.767. The number of fused-ring (bicyclic) bond motifs is 1. The van der Waals surface area contributed by atoms with Crippen LogP contribution < -0.4 is 0 Å². The fourth-order valence-corrected chi connectivity index (χ4v) is 3.51. The van der Waals surface area contributed by atoms with E-state index in [4.69, 9.17) is 42.1 Å². The van der Waals surface area contributed by atoms with Gasteiger partial charge in [-0.15, -0.1) is 0 Å². The highest BCUT2D eigenvalue weighted by Gasteiger charge is 2.44. The molecule has 6 atom stereocenters. The van der Waals surface area contributed by atoms with Crippen LogP contribution in [0.1, 0.15) is 23.7 Å². The highest BCUT2D eigenvalue weighted by Crippen LogP contribution is 2.35. The number of hydrogen-bond acceptors (Lipinski definition) is 6. The van der Waals surface area contributed by atoms with Crippen molar-refractivity contribution in [1.82, 2.24) is 0 Å². The van der Waals surface area contributed by atoms with Crippen LogP contribution in [0.3, 0.4) is 0 Å². The minimum Gasteiger partial charge on any atom is -0.388 e. The zero-order valence-electron chi connectivity index (χ0n) is 14.8. The molecule has 0 aromatic heterocycles. The molecular formula is C20H20Cl2O6. The minimum atomic E-state index is -1.19. The molecule has 2 N–H and O–H groups in total.